The minimum atomic E-state index is -3.21. The Hall–Kier alpha value is -1.76. The maximum absolute atomic E-state index is 11.5. The highest BCUT2D eigenvalue weighted by atomic mass is 32.2. The highest BCUT2D eigenvalue weighted by Crippen LogP contribution is 2.19. The fourth-order valence-electron chi connectivity index (χ4n) is 1.30. The van der Waals surface area contributed by atoms with Gasteiger partial charge in [0.25, 0.3) is 0 Å². The Morgan fingerprint density at radius 1 is 1.30 bits per heavy atom. The Bertz CT molecular complexity index is 554. The molecule has 1 aromatic carbocycles. The maximum Gasteiger partial charge on any atom is 0.344 e. The summed E-state index contributed by atoms with van der Waals surface area (Å²) in [6.07, 6.45) is 0. The summed E-state index contributed by atoms with van der Waals surface area (Å²) in [5.41, 5.74) is 6.06. The van der Waals surface area contributed by atoms with Crippen molar-refractivity contribution in [1.29, 1.82) is 0 Å². The van der Waals surface area contributed by atoms with Gasteiger partial charge >= 0.3 is 5.97 Å². The molecule has 0 aliphatic heterocycles. The monoisotopic (exact) mass is 301 g/mol. The molecule has 0 aromatic heterocycles. The van der Waals surface area contributed by atoms with E-state index in [2.05, 4.69) is 0 Å². The Balaban J connectivity index is 2.33. The van der Waals surface area contributed by atoms with Crippen LogP contribution in [0.2, 0.25) is 0 Å². The lowest BCUT2D eigenvalue weighted by molar-refractivity contribution is -0.145. The molecule has 7 heteroatoms. The van der Waals surface area contributed by atoms with E-state index in [0.717, 1.165) is 0 Å². The van der Waals surface area contributed by atoms with Gasteiger partial charge in [-0.1, -0.05) is 12.1 Å². The highest BCUT2D eigenvalue weighted by molar-refractivity contribution is 7.91. The summed E-state index contributed by atoms with van der Waals surface area (Å²) in [5.74, 6) is -0.435. The number of carbonyl (C=O) groups is 1. The number of hydrogen-bond acceptors (Lipinski definition) is 6. The van der Waals surface area contributed by atoms with Crippen LogP contribution in [-0.2, 0) is 19.4 Å². The van der Waals surface area contributed by atoms with E-state index in [1.165, 1.54) is 0 Å². The van der Waals surface area contributed by atoms with Gasteiger partial charge in [-0.3, -0.25) is 0 Å². The summed E-state index contributed by atoms with van der Waals surface area (Å²) in [4.78, 5) is 11.4. The van der Waals surface area contributed by atoms with Crippen molar-refractivity contribution in [3.05, 3.63) is 24.3 Å². The maximum atomic E-state index is 11.5. The van der Waals surface area contributed by atoms with E-state index in [1.807, 2.05) is 0 Å². The van der Waals surface area contributed by atoms with Gasteiger partial charge in [0.05, 0.1) is 16.7 Å². The summed E-state index contributed by atoms with van der Waals surface area (Å²) in [6, 6.07) is 6.76. The molecule has 0 radical (unpaired) electrons. The first-order chi connectivity index (χ1) is 9.33. The third-order valence-corrected chi connectivity index (χ3v) is 4.79. The summed E-state index contributed by atoms with van der Waals surface area (Å²) < 4.78 is 33.0. The van der Waals surface area contributed by atoms with Crippen LogP contribution in [0.5, 0.6) is 5.75 Å². The lowest BCUT2D eigenvalue weighted by Gasteiger charge is -2.10. The minimum absolute atomic E-state index is 0.174. The molecule has 0 aliphatic rings. The van der Waals surface area contributed by atoms with E-state index in [0.29, 0.717) is 11.4 Å². The molecule has 2 N–H and O–H groups in total. The van der Waals surface area contributed by atoms with Crippen LogP contribution < -0.4 is 10.5 Å². The fraction of sp³-hybridized carbons (Fsp3) is 0.462. The number of esters is 1. The average molecular weight is 301 g/mol. The van der Waals surface area contributed by atoms with Crippen LogP contribution in [0.25, 0.3) is 0 Å². The van der Waals surface area contributed by atoms with Crippen molar-refractivity contribution in [1.82, 2.24) is 0 Å². The molecule has 0 spiro atoms. The number of benzene rings is 1. The third kappa shape index (κ3) is 5.08. The zero-order chi connectivity index (χ0) is 15.2. The lowest BCUT2D eigenvalue weighted by atomic mass is 10.3. The largest absolute Gasteiger partial charge is 0.480 e. The van der Waals surface area contributed by atoms with Gasteiger partial charge in [0.2, 0.25) is 0 Å². The third-order valence-electron chi connectivity index (χ3n) is 2.61. The van der Waals surface area contributed by atoms with E-state index in [9.17, 15) is 13.2 Å². The van der Waals surface area contributed by atoms with Crippen molar-refractivity contribution in [2.75, 3.05) is 24.7 Å². The summed E-state index contributed by atoms with van der Waals surface area (Å²) in [7, 11) is -3.21. The van der Waals surface area contributed by atoms with Crippen LogP contribution in [0, 0.1) is 0 Å². The number of nitrogen functional groups attached to an aromatic ring is 1. The van der Waals surface area contributed by atoms with Crippen molar-refractivity contribution in [3.63, 3.8) is 0 Å². The minimum Gasteiger partial charge on any atom is -0.480 e. The number of ether oxygens (including phenoxy) is 2. The van der Waals surface area contributed by atoms with E-state index >= 15 is 0 Å². The number of anilines is 1. The fourth-order valence-corrected chi connectivity index (χ4v) is 2.08. The van der Waals surface area contributed by atoms with Gasteiger partial charge < -0.3 is 15.2 Å². The molecule has 0 fully saturated rings. The molecule has 0 amide bonds. The number of rotatable bonds is 7. The molecule has 1 aromatic rings. The molecule has 6 nitrogen and oxygen atoms in total. The molecule has 1 rings (SSSR count). The number of nitrogens with two attached hydrogens (primary N) is 1. The second kappa shape index (κ2) is 7.14. The van der Waals surface area contributed by atoms with Gasteiger partial charge in [-0.2, -0.15) is 0 Å². The first-order valence-corrected chi connectivity index (χ1v) is 7.89. The Kier molecular flexibility index (Phi) is 5.82. The smallest absolute Gasteiger partial charge is 0.344 e. The number of hydrogen-bond donors (Lipinski definition) is 1. The van der Waals surface area contributed by atoms with Crippen molar-refractivity contribution < 1.29 is 22.7 Å². The van der Waals surface area contributed by atoms with Crippen molar-refractivity contribution in [3.8, 4) is 5.75 Å². The van der Waals surface area contributed by atoms with Gasteiger partial charge in [-0.25, -0.2) is 13.2 Å². The van der Waals surface area contributed by atoms with Crippen LogP contribution in [0.1, 0.15) is 13.8 Å². The number of carbonyl (C=O) groups excluding carboxylic acids is 1. The molecule has 0 bridgehead atoms. The number of sulfone groups is 1. The zero-order valence-electron chi connectivity index (χ0n) is 11.5. The van der Waals surface area contributed by atoms with Crippen LogP contribution in [0.3, 0.4) is 0 Å². The molecule has 0 aliphatic carbocycles. The molecule has 0 heterocycles. The molecule has 0 unspecified atom stereocenters. The van der Waals surface area contributed by atoms with Gasteiger partial charge in [-0.15, -0.1) is 0 Å². The van der Waals surface area contributed by atoms with Crippen molar-refractivity contribution in [2.24, 2.45) is 0 Å². The summed E-state index contributed by atoms with van der Waals surface area (Å²) >= 11 is 0. The molecule has 20 heavy (non-hydrogen) atoms. The quantitative estimate of drug-likeness (QED) is 0.596. The Labute approximate surface area is 118 Å². The summed E-state index contributed by atoms with van der Waals surface area (Å²) in [5, 5.41) is -0.485. The topological polar surface area (TPSA) is 95.7 Å². The van der Waals surface area contributed by atoms with E-state index < -0.39 is 21.1 Å². The summed E-state index contributed by atoms with van der Waals surface area (Å²) in [6.45, 7) is 2.68. The molecule has 112 valence electrons. The highest BCUT2D eigenvalue weighted by Gasteiger charge is 2.16. The van der Waals surface area contributed by atoms with E-state index in [4.69, 9.17) is 15.2 Å². The Morgan fingerprint density at radius 2 is 1.95 bits per heavy atom. The van der Waals surface area contributed by atoms with Crippen LogP contribution in [0.15, 0.2) is 24.3 Å². The lowest BCUT2D eigenvalue weighted by Crippen LogP contribution is -2.24. The van der Waals surface area contributed by atoms with Crippen molar-refractivity contribution >= 4 is 21.5 Å². The van der Waals surface area contributed by atoms with Crippen molar-refractivity contribution in [2.45, 2.75) is 19.1 Å². The first kappa shape index (κ1) is 16.3. The Morgan fingerprint density at radius 3 is 2.55 bits per heavy atom. The molecule has 0 saturated carbocycles. The van der Waals surface area contributed by atoms with Crippen LogP contribution >= 0.6 is 0 Å². The second-order valence-corrected chi connectivity index (χ2v) is 7.14. The zero-order valence-corrected chi connectivity index (χ0v) is 12.4. The van der Waals surface area contributed by atoms with Crippen LogP contribution in [0.4, 0.5) is 5.69 Å². The van der Waals surface area contributed by atoms with Gasteiger partial charge in [0, 0.05) is 0 Å². The molecular weight excluding hydrogens is 282 g/mol. The first-order valence-electron chi connectivity index (χ1n) is 6.17. The van der Waals surface area contributed by atoms with E-state index in [1.54, 1.807) is 38.1 Å². The predicted molar refractivity (Wildman–Crippen MR) is 76.2 cm³/mol. The number of para-hydroxylation sites is 2. The standard InChI is InChI=1S/C13H19NO5S/c1-10(2)20(16,17)8-7-18-13(15)9-19-12-6-4-3-5-11(12)14/h3-6,10H,7-9,14H2,1-2H3. The molecule has 0 saturated heterocycles. The SMILES string of the molecule is CC(C)S(=O)(=O)CCOC(=O)COc1ccccc1N. The normalized spacial score (nSPS) is 11.3. The average Bonchev–Trinajstić information content (AvgIpc) is 2.37. The molecular formula is C13H19NO5S. The van der Waals surface area contributed by atoms with Gasteiger partial charge in [-0.05, 0) is 26.0 Å². The van der Waals surface area contributed by atoms with E-state index in [-0.39, 0.29) is 19.0 Å². The van der Waals surface area contributed by atoms with Gasteiger partial charge in [0.15, 0.2) is 16.4 Å². The van der Waals surface area contributed by atoms with Gasteiger partial charge in [0.1, 0.15) is 12.4 Å². The van der Waals surface area contributed by atoms with Crippen LogP contribution in [-0.4, -0.2) is 38.6 Å². The second-order valence-electron chi connectivity index (χ2n) is 4.46. The predicted octanol–water partition coefficient (Wildman–Crippen LogP) is 1.01. The molecule has 0 atom stereocenters.